The van der Waals surface area contributed by atoms with Gasteiger partial charge < -0.3 is 4.42 Å². The maximum Gasteiger partial charge on any atom is 0.206 e. The van der Waals surface area contributed by atoms with Crippen LogP contribution in [0.2, 0.25) is 0 Å². The standard InChI is InChI=1S/C14H17N3OS/c1-4-8-15-14-17(16-11(3)5-2)12(10-19-14)13-7-6-9-18-13/h4,6-7,9-10H,1,5,8H2,2-3H3/b15-14?,16-11+. The lowest BCUT2D eigenvalue weighted by Gasteiger charge is -2.02. The van der Waals surface area contributed by atoms with E-state index in [2.05, 4.69) is 23.6 Å². The van der Waals surface area contributed by atoms with Crippen LogP contribution in [0.3, 0.4) is 0 Å². The lowest BCUT2D eigenvalue weighted by atomic mass is 10.3. The van der Waals surface area contributed by atoms with Gasteiger partial charge in [0.25, 0.3) is 0 Å². The SMILES string of the molecule is C=CCN=c1scc(-c2ccco2)n1/N=C(\C)CC. The van der Waals surface area contributed by atoms with Crippen LogP contribution in [-0.4, -0.2) is 16.9 Å². The fraction of sp³-hybridized carbons (Fsp3) is 0.286. The average molecular weight is 275 g/mol. The number of aromatic nitrogens is 1. The van der Waals surface area contributed by atoms with E-state index >= 15 is 0 Å². The Morgan fingerprint density at radius 2 is 2.42 bits per heavy atom. The van der Waals surface area contributed by atoms with E-state index in [-0.39, 0.29) is 0 Å². The largest absolute Gasteiger partial charge is 0.463 e. The van der Waals surface area contributed by atoms with Crippen LogP contribution < -0.4 is 4.80 Å². The molecule has 0 spiro atoms. The van der Waals surface area contributed by atoms with E-state index in [9.17, 15) is 0 Å². The van der Waals surface area contributed by atoms with E-state index in [1.807, 2.05) is 29.1 Å². The second-order valence-corrected chi connectivity index (χ2v) is 4.85. The van der Waals surface area contributed by atoms with Crippen molar-refractivity contribution < 1.29 is 4.42 Å². The quantitative estimate of drug-likeness (QED) is 0.608. The fourth-order valence-electron chi connectivity index (χ4n) is 1.48. The fourth-order valence-corrected chi connectivity index (χ4v) is 2.30. The lowest BCUT2D eigenvalue weighted by Crippen LogP contribution is -2.13. The van der Waals surface area contributed by atoms with E-state index in [4.69, 9.17) is 4.42 Å². The molecule has 5 heteroatoms. The minimum Gasteiger partial charge on any atom is -0.463 e. The van der Waals surface area contributed by atoms with E-state index < -0.39 is 0 Å². The third-order valence-corrected chi connectivity index (χ3v) is 3.45. The van der Waals surface area contributed by atoms with Crippen molar-refractivity contribution in [3.63, 3.8) is 0 Å². The summed E-state index contributed by atoms with van der Waals surface area (Å²) in [5, 5.41) is 6.61. The van der Waals surface area contributed by atoms with Crippen LogP contribution in [0, 0.1) is 0 Å². The Morgan fingerprint density at radius 1 is 1.58 bits per heavy atom. The monoisotopic (exact) mass is 275 g/mol. The van der Waals surface area contributed by atoms with E-state index in [1.54, 1.807) is 23.7 Å². The summed E-state index contributed by atoms with van der Waals surface area (Å²) in [5.41, 5.74) is 1.97. The average Bonchev–Trinajstić information content (AvgIpc) is 3.05. The summed E-state index contributed by atoms with van der Waals surface area (Å²) in [6.45, 7) is 8.36. The molecule has 0 amide bonds. The minimum atomic E-state index is 0.582. The van der Waals surface area contributed by atoms with Gasteiger partial charge in [0.1, 0.15) is 5.69 Å². The zero-order valence-corrected chi connectivity index (χ0v) is 12.0. The Bertz CT molecular complexity index is 632. The molecule has 0 atom stereocenters. The van der Waals surface area contributed by atoms with Crippen molar-refractivity contribution in [3.8, 4) is 11.5 Å². The van der Waals surface area contributed by atoms with Crippen molar-refractivity contribution in [3.05, 3.63) is 41.2 Å². The Hall–Kier alpha value is -1.88. The first kappa shape index (κ1) is 13.5. The van der Waals surface area contributed by atoms with E-state index in [1.165, 1.54) is 0 Å². The van der Waals surface area contributed by atoms with Gasteiger partial charge in [-0.3, -0.25) is 4.99 Å². The van der Waals surface area contributed by atoms with Crippen LogP contribution in [-0.2, 0) is 0 Å². The van der Waals surface area contributed by atoms with Crippen molar-refractivity contribution in [1.82, 2.24) is 4.68 Å². The van der Waals surface area contributed by atoms with Gasteiger partial charge in [0.05, 0.1) is 12.8 Å². The first-order chi connectivity index (χ1) is 9.26. The smallest absolute Gasteiger partial charge is 0.206 e. The molecule has 0 bridgehead atoms. The zero-order chi connectivity index (χ0) is 13.7. The van der Waals surface area contributed by atoms with Gasteiger partial charge in [0.15, 0.2) is 5.76 Å². The normalized spacial score (nSPS) is 12.9. The summed E-state index contributed by atoms with van der Waals surface area (Å²) in [6.07, 6.45) is 4.34. The molecule has 2 rings (SSSR count). The Labute approximate surface area is 116 Å². The van der Waals surface area contributed by atoms with Crippen molar-refractivity contribution in [2.24, 2.45) is 10.1 Å². The summed E-state index contributed by atoms with van der Waals surface area (Å²) < 4.78 is 7.29. The van der Waals surface area contributed by atoms with Crippen molar-refractivity contribution >= 4 is 17.0 Å². The topological polar surface area (TPSA) is 42.8 Å². The third-order valence-electron chi connectivity index (χ3n) is 2.60. The van der Waals surface area contributed by atoms with Crippen LogP contribution in [0.4, 0.5) is 0 Å². The zero-order valence-electron chi connectivity index (χ0n) is 11.2. The number of thiazole rings is 1. The van der Waals surface area contributed by atoms with Gasteiger partial charge in [0, 0.05) is 11.1 Å². The molecule has 0 saturated heterocycles. The maximum absolute atomic E-state index is 5.45. The number of rotatable bonds is 5. The number of nitrogens with zero attached hydrogens (tertiary/aromatic N) is 3. The van der Waals surface area contributed by atoms with Gasteiger partial charge >= 0.3 is 0 Å². The first-order valence-corrected chi connectivity index (χ1v) is 7.04. The van der Waals surface area contributed by atoms with E-state index in [0.29, 0.717) is 6.54 Å². The molecule has 2 aromatic heterocycles. The molecule has 0 N–H and O–H groups in total. The molecule has 19 heavy (non-hydrogen) atoms. The van der Waals surface area contributed by atoms with Crippen molar-refractivity contribution in [1.29, 1.82) is 0 Å². The summed E-state index contributed by atoms with van der Waals surface area (Å²) in [5.74, 6) is 0.795. The lowest BCUT2D eigenvalue weighted by molar-refractivity contribution is 0.575. The number of hydrogen-bond acceptors (Lipinski definition) is 4. The molecular weight excluding hydrogens is 258 g/mol. The van der Waals surface area contributed by atoms with Gasteiger partial charge in [-0.2, -0.15) is 5.10 Å². The highest BCUT2D eigenvalue weighted by Crippen LogP contribution is 2.20. The van der Waals surface area contributed by atoms with Gasteiger partial charge in [-0.15, -0.1) is 17.9 Å². The second kappa shape index (κ2) is 6.33. The summed E-state index contributed by atoms with van der Waals surface area (Å²) >= 11 is 1.55. The summed E-state index contributed by atoms with van der Waals surface area (Å²) in [7, 11) is 0. The molecule has 2 aromatic rings. The predicted octanol–water partition coefficient (Wildman–Crippen LogP) is 3.53. The molecule has 100 valence electrons. The highest BCUT2D eigenvalue weighted by Gasteiger charge is 2.09. The molecule has 4 nitrogen and oxygen atoms in total. The Balaban J connectivity index is 2.56. The van der Waals surface area contributed by atoms with Crippen molar-refractivity contribution in [2.75, 3.05) is 6.54 Å². The third kappa shape index (κ3) is 3.12. The predicted molar refractivity (Wildman–Crippen MR) is 79.4 cm³/mol. The van der Waals surface area contributed by atoms with Gasteiger partial charge in [-0.1, -0.05) is 13.0 Å². The Morgan fingerprint density at radius 3 is 3.05 bits per heavy atom. The van der Waals surface area contributed by atoms with Gasteiger partial charge in [0.2, 0.25) is 4.80 Å². The second-order valence-electron chi connectivity index (χ2n) is 4.01. The molecule has 0 saturated carbocycles. The Kier molecular flexibility index (Phi) is 4.52. The molecule has 0 aromatic carbocycles. The molecule has 0 aliphatic rings. The van der Waals surface area contributed by atoms with Crippen LogP contribution in [0.5, 0.6) is 0 Å². The van der Waals surface area contributed by atoms with Crippen LogP contribution in [0.15, 0.2) is 50.9 Å². The molecule has 2 heterocycles. The maximum atomic E-state index is 5.45. The highest BCUT2D eigenvalue weighted by atomic mass is 32.1. The number of furan rings is 1. The first-order valence-electron chi connectivity index (χ1n) is 6.16. The molecule has 0 fully saturated rings. The van der Waals surface area contributed by atoms with Gasteiger partial charge in [-0.25, -0.2) is 4.68 Å². The van der Waals surface area contributed by atoms with Crippen LogP contribution in [0.25, 0.3) is 11.5 Å². The summed E-state index contributed by atoms with van der Waals surface area (Å²) in [6, 6.07) is 3.79. The molecule has 0 radical (unpaired) electrons. The van der Waals surface area contributed by atoms with Gasteiger partial charge in [-0.05, 0) is 25.5 Å². The highest BCUT2D eigenvalue weighted by molar-refractivity contribution is 7.07. The van der Waals surface area contributed by atoms with E-state index in [0.717, 1.165) is 28.4 Å². The molecule has 0 aliphatic carbocycles. The molecule has 0 unspecified atom stereocenters. The molecule has 0 aliphatic heterocycles. The number of hydrogen-bond donors (Lipinski definition) is 0. The minimum absolute atomic E-state index is 0.582. The van der Waals surface area contributed by atoms with Crippen LogP contribution in [0.1, 0.15) is 20.3 Å². The summed E-state index contributed by atoms with van der Waals surface area (Å²) in [4.78, 5) is 5.30. The molecular formula is C14H17N3OS. The van der Waals surface area contributed by atoms with Crippen LogP contribution >= 0.6 is 11.3 Å². The van der Waals surface area contributed by atoms with Crippen molar-refractivity contribution in [2.45, 2.75) is 20.3 Å².